The smallest absolute Gasteiger partial charge is 0.399 e. The van der Waals surface area contributed by atoms with Crippen molar-refractivity contribution < 1.29 is 13.2 Å². The van der Waals surface area contributed by atoms with Crippen LogP contribution in [0.1, 0.15) is 41.9 Å². The molecule has 0 bridgehead atoms. The lowest BCUT2D eigenvalue weighted by Crippen LogP contribution is -2.23. The van der Waals surface area contributed by atoms with Crippen LogP contribution in [0, 0.1) is 6.92 Å². The lowest BCUT2D eigenvalue weighted by atomic mass is 10.0. The molecule has 0 saturated carbocycles. The summed E-state index contributed by atoms with van der Waals surface area (Å²) >= 11 is 0. The third-order valence-corrected chi connectivity index (χ3v) is 5.39. The van der Waals surface area contributed by atoms with Gasteiger partial charge in [0, 0.05) is 17.8 Å². The molecule has 0 fully saturated rings. The van der Waals surface area contributed by atoms with Gasteiger partial charge in [0.15, 0.2) is 0 Å². The van der Waals surface area contributed by atoms with Gasteiger partial charge in [-0.25, -0.2) is 9.97 Å². The summed E-state index contributed by atoms with van der Waals surface area (Å²) in [5, 5.41) is 6.96. The summed E-state index contributed by atoms with van der Waals surface area (Å²) in [5.74, 6) is 0.836. The molecule has 0 saturated heterocycles. The Morgan fingerprint density at radius 1 is 1.19 bits per heavy atom. The molecular formula is C22H23F3N6O. The quantitative estimate of drug-likeness (QED) is 0.456. The molecule has 1 unspecified atom stereocenters. The van der Waals surface area contributed by atoms with Crippen LogP contribution in [0.25, 0.3) is 16.6 Å². The van der Waals surface area contributed by atoms with Gasteiger partial charge in [-0.1, -0.05) is 6.08 Å². The van der Waals surface area contributed by atoms with Gasteiger partial charge in [0.25, 0.3) is 5.56 Å². The zero-order chi connectivity index (χ0) is 23.0. The summed E-state index contributed by atoms with van der Waals surface area (Å²) in [6, 6.07) is 4.67. The number of aryl methyl sites for hydroxylation is 1. The number of aromatic amines is 1. The van der Waals surface area contributed by atoms with E-state index in [0.717, 1.165) is 24.3 Å². The van der Waals surface area contributed by atoms with Crippen LogP contribution >= 0.6 is 0 Å². The van der Waals surface area contributed by atoms with Crippen LogP contribution in [0.3, 0.4) is 0 Å². The highest BCUT2D eigenvalue weighted by Gasteiger charge is 2.31. The highest BCUT2D eigenvalue weighted by Crippen LogP contribution is 2.34. The average Bonchev–Trinajstić information content (AvgIpc) is 2.72. The van der Waals surface area contributed by atoms with Gasteiger partial charge in [0.1, 0.15) is 17.3 Å². The molecule has 3 aromatic rings. The Morgan fingerprint density at radius 2 is 1.97 bits per heavy atom. The molecule has 0 aliphatic carbocycles. The van der Waals surface area contributed by atoms with Crippen molar-refractivity contribution in [3.63, 3.8) is 0 Å². The molecule has 1 aliphatic heterocycles. The number of halogens is 3. The van der Waals surface area contributed by atoms with Crippen molar-refractivity contribution in [1.82, 2.24) is 20.3 Å². The Morgan fingerprint density at radius 3 is 2.66 bits per heavy atom. The molecule has 1 atom stereocenters. The van der Waals surface area contributed by atoms with E-state index in [0.29, 0.717) is 46.8 Å². The largest absolute Gasteiger partial charge is 0.416 e. The van der Waals surface area contributed by atoms with Crippen molar-refractivity contribution in [3.8, 4) is 0 Å². The Kier molecular flexibility index (Phi) is 5.64. The minimum atomic E-state index is -4.50. The first-order valence-electron chi connectivity index (χ1n) is 10.2. The lowest BCUT2D eigenvalue weighted by Gasteiger charge is -2.19. The van der Waals surface area contributed by atoms with Gasteiger partial charge in [-0.05, 0) is 62.2 Å². The van der Waals surface area contributed by atoms with Gasteiger partial charge >= 0.3 is 6.18 Å². The van der Waals surface area contributed by atoms with E-state index in [9.17, 15) is 18.0 Å². The fraction of sp³-hybridized carbons (Fsp3) is 0.318. The second-order valence-electron chi connectivity index (χ2n) is 7.83. The molecule has 4 rings (SSSR count). The number of nitrogen functional groups attached to an aromatic ring is 1. The second kappa shape index (κ2) is 8.27. The van der Waals surface area contributed by atoms with Gasteiger partial charge in [0.2, 0.25) is 0 Å². The molecule has 2 aromatic heterocycles. The van der Waals surface area contributed by atoms with Crippen LogP contribution in [0.15, 0.2) is 35.1 Å². The molecule has 168 valence electrons. The van der Waals surface area contributed by atoms with Crippen molar-refractivity contribution in [3.05, 3.63) is 63.2 Å². The third-order valence-electron chi connectivity index (χ3n) is 5.39. The van der Waals surface area contributed by atoms with Crippen LogP contribution in [-0.4, -0.2) is 28.0 Å². The van der Waals surface area contributed by atoms with E-state index in [4.69, 9.17) is 5.73 Å². The van der Waals surface area contributed by atoms with E-state index in [1.54, 1.807) is 19.9 Å². The highest BCUT2D eigenvalue weighted by molar-refractivity contribution is 5.89. The monoisotopic (exact) mass is 444 g/mol. The van der Waals surface area contributed by atoms with E-state index in [2.05, 4.69) is 25.6 Å². The standard InChI is InChI=1S/C22H23F3N6O/c1-11(14-7-15(22(23,24)25)9-16(26)8-14)28-19-18-10-17(13-3-5-27-6-4-13)21(32)31-20(18)30-12(2)29-19/h3,7-11,27H,4-6,26H2,1-2H3,(H2,28,29,30,31,32). The van der Waals surface area contributed by atoms with Gasteiger partial charge in [-0.15, -0.1) is 0 Å². The Labute approximate surface area is 182 Å². The van der Waals surface area contributed by atoms with Crippen LogP contribution in [-0.2, 0) is 6.18 Å². The number of aromatic nitrogens is 3. The first-order chi connectivity index (χ1) is 15.1. The molecule has 0 spiro atoms. The number of pyridine rings is 1. The number of fused-ring (bicyclic) bond motifs is 1. The van der Waals surface area contributed by atoms with Crippen LogP contribution in [0.5, 0.6) is 0 Å². The molecule has 3 heterocycles. The molecule has 0 radical (unpaired) electrons. The molecule has 1 aromatic carbocycles. The summed E-state index contributed by atoms with van der Waals surface area (Å²) < 4.78 is 39.7. The molecule has 32 heavy (non-hydrogen) atoms. The molecule has 5 N–H and O–H groups in total. The second-order valence-corrected chi connectivity index (χ2v) is 7.83. The fourth-order valence-electron chi connectivity index (χ4n) is 3.79. The SMILES string of the molecule is Cc1nc(NC(C)c2cc(N)cc(C(F)(F)F)c2)c2cc(C3=CCNCC3)c(=O)[nH]c2n1. The van der Waals surface area contributed by atoms with E-state index in [-0.39, 0.29) is 11.2 Å². The van der Waals surface area contributed by atoms with Crippen molar-refractivity contribution in [2.24, 2.45) is 0 Å². The minimum absolute atomic E-state index is 0.0247. The van der Waals surface area contributed by atoms with Gasteiger partial charge in [0.05, 0.1) is 17.0 Å². The summed E-state index contributed by atoms with van der Waals surface area (Å²) in [7, 11) is 0. The van der Waals surface area contributed by atoms with Gasteiger partial charge in [-0.3, -0.25) is 4.79 Å². The number of nitrogens with one attached hydrogen (secondary N) is 3. The number of alkyl halides is 3. The first kappa shape index (κ1) is 21.8. The van der Waals surface area contributed by atoms with Crippen LogP contribution in [0.2, 0.25) is 0 Å². The highest BCUT2D eigenvalue weighted by atomic mass is 19.4. The number of rotatable bonds is 4. The van der Waals surface area contributed by atoms with Gasteiger partial charge < -0.3 is 21.4 Å². The third kappa shape index (κ3) is 4.45. The van der Waals surface area contributed by atoms with Crippen molar-refractivity contribution in [1.29, 1.82) is 0 Å². The topological polar surface area (TPSA) is 109 Å². The predicted molar refractivity (Wildman–Crippen MR) is 118 cm³/mol. The van der Waals surface area contributed by atoms with E-state index in [1.165, 1.54) is 6.07 Å². The number of anilines is 2. The van der Waals surface area contributed by atoms with Crippen molar-refractivity contribution in [2.75, 3.05) is 24.1 Å². The van der Waals surface area contributed by atoms with E-state index in [1.807, 2.05) is 6.08 Å². The minimum Gasteiger partial charge on any atom is -0.399 e. The van der Waals surface area contributed by atoms with Crippen molar-refractivity contribution >= 4 is 28.1 Å². The normalized spacial score (nSPS) is 15.5. The summed E-state index contributed by atoms with van der Waals surface area (Å²) in [6.07, 6.45) is -1.82. The predicted octanol–water partition coefficient (Wildman–Crippen LogP) is 3.78. The summed E-state index contributed by atoms with van der Waals surface area (Å²) in [5.41, 5.74) is 6.88. The number of benzene rings is 1. The molecule has 0 amide bonds. The summed E-state index contributed by atoms with van der Waals surface area (Å²) in [6.45, 7) is 4.85. The zero-order valence-corrected chi connectivity index (χ0v) is 17.6. The number of hydrogen-bond acceptors (Lipinski definition) is 6. The van der Waals surface area contributed by atoms with E-state index >= 15 is 0 Å². The van der Waals surface area contributed by atoms with Gasteiger partial charge in [-0.2, -0.15) is 13.2 Å². The average molecular weight is 444 g/mol. The maximum absolute atomic E-state index is 13.2. The fourth-order valence-corrected chi connectivity index (χ4v) is 3.79. The lowest BCUT2D eigenvalue weighted by molar-refractivity contribution is -0.137. The van der Waals surface area contributed by atoms with Crippen molar-refractivity contribution in [2.45, 2.75) is 32.5 Å². The number of nitrogens with two attached hydrogens (primary N) is 1. The Bertz CT molecular complexity index is 1260. The first-order valence-corrected chi connectivity index (χ1v) is 10.2. The molecule has 7 nitrogen and oxygen atoms in total. The number of H-pyrrole nitrogens is 1. The van der Waals surface area contributed by atoms with Crippen LogP contribution in [0.4, 0.5) is 24.7 Å². The maximum atomic E-state index is 13.2. The Balaban J connectivity index is 1.76. The number of hydrogen-bond donors (Lipinski definition) is 4. The van der Waals surface area contributed by atoms with Crippen LogP contribution < -0.4 is 21.9 Å². The summed E-state index contributed by atoms with van der Waals surface area (Å²) in [4.78, 5) is 24.2. The number of nitrogens with zero attached hydrogens (tertiary/aromatic N) is 2. The Hall–Kier alpha value is -3.40. The molecule has 10 heteroatoms. The molecular weight excluding hydrogens is 421 g/mol. The zero-order valence-electron chi connectivity index (χ0n) is 17.6. The van der Waals surface area contributed by atoms with E-state index < -0.39 is 17.8 Å². The molecule has 1 aliphatic rings. The maximum Gasteiger partial charge on any atom is 0.416 e.